The summed E-state index contributed by atoms with van der Waals surface area (Å²) < 4.78 is 4.67. The van der Waals surface area contributed by atoms with E-state index < -0.39 is 0 Å². The monoisotopic (exact) mass is 194 g/mol. The maximum absolute atomic E-state index is 10.3. The Kier molecular flexibility index (Phi) is 6.46. The summed E-state index contributed by atoms with van der Waals surface area (Å²) in [6.45, 7) is 1.77. The Morgan fingerprint density at radius 2 is 2.36 bits per heavy atom. The zero-order valence-corrected chi connectivity index (χ0v) is 7.99. The molecular weight excluding hydrogens is 184 g/mol. The molecular formula is C7H11ClO2S. The molecule has 0 aromatic rings. The quantitative estimate of drug-likeness (QED) is 0.421. The van der Waals surface area contributed by atoms with E-state index in [2.05, 4.69) is 17.4 Å². The first kappa shape index (κ1) is 10.8. The molecule has 0 bridgehead atoms. The third-order valence-corrected chi connectivity index (χ3v) is 1.76. The molecule has 0 atom stereocenters. The topological polar surface area (TPSA) is 26.3 Å². The van der Waals surface area contributed by atoms with E-state index in [1.807, 2.05) is 0 Å². The molecule has 11 heavy (non-hydrogen) atoms. The van der Waals surface area contributed by atoms with Gasteiger partial charge in [0.15, 0.2) is 0 Å². The van der Waals surface area contributed by atoms with Crippen molar-refractivity contribution in [2.45, 2.75) is 13.3 Å². The number of halogens is 1. The van der Waals surface area contributed by atoms with Gasteiger partial charge in [-0.2, -0.15) is 12.6 Å². The van der Waals surface area contributed by atoms with Gasteiger partial charge in [0, 0.05) is 24.1 Å². The van der Waals surface area contributed by atoms with E-state index in [-0.39, 0.29) is 5.97 Å². The molecule has 0 saturated carbocycles. The zero-order valence-electron chi connectivity index (χ0n) is 6.34. The summed E-state index contributed by atoms with van der Waals surface area (Å²) in [5, 5.41) is 0.681. The molecule has 0 heterocycles. The van der Waals surface area contributed by atoms with E-state index >= 15 is 0 Å². The van der Waals surface area contributed by atoms with Crippen LogP contribution in [-0.4, -0.2) is 18.3 Å². The van der Waals surface area contributed by atoms with Crippen molar-refractivity contribution in [2.24, 2.45) is 0 Å². The van der Waals surface area contributed by atoms with Crippen molar-refractivity contribution in [3.63, 3.8) is 0 Å². The van der Waals surface area contributed by atoms with E-state index in [0.29, 0.717) is 23.8 Å². The maximum Gasteiger partial charge on any atom is 0.302 e. The highest BCUT2D eigenvalue weighted by Gasteiger charge is 1.91. The van der Waals surface area contributed by atoms with Crippen LogP contribution in [0.25, 0.3) is 0 Å². The molecule has 0 radical (unpaired) electrons. The van der Waals surface area contributed by atoms with Gasteiger partial charge in [0.05, 0.1) is 6.61 Å². The lowest BCUT2D eigenvalue weighted by Gasteiger charge is -1.97. The number of thiol groups is 1. The van der Waals surface area contributed by atoms with Gasteiger partial charge in [-0.1, -0.05) is 17.7 Å². The van der Waals surface area contributed by atoms with Gasteiger partial charge in [-0.05, 0) is 0 Å². The van der Waals surface area contributed by atoms with Gasteiger partial charge in [-0.25, -0.2) is 0 Å². The molecule has 0 unspecified atom stereocenters. The molecule has 0 aliphatic heterocycles. The summed E-state index contributed by atoms with van der Waals surface area (Å²) in [4.78, 5) is 10.3. The Hall–Kier alpha value is -0.150. The van der Waals surface area contributed by atoms with Crippen molar-refractivity contribution < 1.29 is 9.53 Å². The van der Waals surface area contributed by atoms with Crippen LogP contribution in [0.5, 0.6) is 0 Å². The standard InChI is InChI=1S/C7H11ClO2S/c1-6(9)10-4-2-3-7(8)5-11/h3,11H,2,4-5H2,1H3/b7-3-. The third kappa shape index (κ3) is 7.75. The predicted octanol–water partition coefficient (Wildman–Crippen LogP) is 1.99. The maximum atomic E-state index is 10.3. The highest BCUT2D eigenvalue weighted by molar-refractivity contribution is 7.80. The van der Waals surface area contributed by atoms with Crippen LogP contribution in [0.4, 0.5) is 0 Å². The molecule has 0 aromatic carbocycles. The van der Waals surface area contributed by atoms with Crippen molar-refractivity contribution >= 4 is 30.2 Å². The third-order valence-electron chi connectivity index (χ3n) is 0.940. The van der Waals surface area contributed by atoms with Crippen LogP contribution in [0.2, 0.25) is 0 Å². The molecule has 2 nitrogen and oxygen atoms in total. The number of esters is 1. The van der Waals surface area contributed by atoms with E-state index in [9.17, 15) is 4.79 Å². The lowest BCUT2D eigenvalue weighted by molar-refractivity contribution is -0.140. The summed E-state index contributed by atoms with van der Waals surface area (Å²) in [6.07, 6.45) is 2.44. The van der Waals surface area contributed by atoms with Crippen LogP contribution in [0.15, 0.2) is 11.1 Å². The Morgan fingerprint density at radius 1 is 1.73 bits per heavy atom. The van der Waals surface area contributed by atoms with Gasteiger partial charge in [0.25, 0.3) is 0 Å². The van der Waals surface area contributed by atoms with Gasteiger partial charge in [0.2, 0.25) is 0 Å². The summed E-state index contributed by atoms with van der Waals surface area (Å²) >= 11 is 9.58. The molecule has 4 heteroatoms. The molecule has 0 spiro atoms. The summed E-state index contributed by atoms with van der Waals surface area (Å²) in [6, 6.07) is 0. The second-order valence-electron chi connectivity index (χ2n) is 1.94. The average molecular weight is 195 g/mol. The van der Waals surface area contributed by atoms with Crippen molar-refractivity contribution in [3.05, 3.63) is 11.1 Å². The predicted molar refractivity (Wildman–Crippen MR) is 49.0 cm³/mol. The fourth-order valence-electron chi connectivity index (χ4n) is 0.483. The first-order valence-corrected chi connectivity index (χ1v) is 4.26. The fraction of sp³-hybridized carbons (Fsp3) is 0.571. The van der Waals surface area contributed by atoms with E-state index in [1.54, 1.807) is 6.08 Å². The van der Waals surface area contributed by atoms with E-state index in [4.69, 9.17) is 11.6 Å². The molecule has 0 amide bonds. The highest BCUT2D eigenvalue weighted by Crippen LogP contribution is 2.04. The highest BCUT2D eigenvalue weighted by atomic mass is 35.5. The van der Waals surface area contributed by atoms with Gasteiger partial charge < -0.3 is 4.74 Å². The summed E-state index contributed by atoms with van der Waals surface area (Å²) in [7, 11) is 0. The van der Waals surface area contributed by atoms with Gasteiger partial charge in [0.1, 0.15) is 0 Å². The molecule has 0 saturated heterocycles. The van der Waals surface area contributed by atoms with Crippen LogP contribution in [0, 0.1) is 0 Å². The lowest BCUT2D eigenvalue weighted by atomic mass is 10.4. The molecule has 64 valence electrons. The molecule has 0 aromatic heterocycles. The van der Waals surface area contributed by atoms with Crippen LogP contribution in [-0.2, 0) is 9.53 Å². The zero-order chi connectivity index (χ0) is 8.69. The SMILES string of the molecule is CC(=O)OCC/C=C(\Cl)CS. The molecule has 0 aliphatic rings. The van der Waals surface area contributed by atoms with Crippen LogP contribution in [0.1, 0.15) is 13.3 Å². The Morgan fingerprint density at radius 3 is 2.82 bits per heavy atom. The van der Waals surface area contributed by atoms with Crippen molar-refractivity contribution in [1.82, 2.24) is 0 Å². The Balaban J connectivity index is 3.33. The number of carbonyl (C=O) groups is 1. The minimum Gasteiger partial charge on any atom is -0.466 e. The number of ether oxygens (including phenoxy) is 1. The Bertz CT molecular complexity index is 157. The summed E-state index contributed by atoms with van der Waals surface area (Å²) in [5.74, 6) is 0.266. The second kappa shape index (κ2) is 6.55. The number of hydrogen-bond donors (Lipinski definition) is 1. The normalized spacial score (nSPS) is 11.4. The minimum absolute atomic E-state index is 0.264. The Labute approximate surface area is 77.0 Å². The van der Waals surface area contributed by atoms with Crippen molar-refractivity contribution in [2.75, 3.05) is 12.4 Å². The number of carbonyl (C=O) groups excluding carboxylic acids is 1. The summed E-state index contributed by atoms with van der Waals surface area (Å²) in [5.41, 5.74) is 0. The smallest absolute Gasteiger partial charge is 0.302 e. The molecule has 0 rings (SSSR count). The van der Waals surface area contributed by atoms with Crippen LogP contribution < -0.4 is 0 Å². The largest absolute Gasteiger partial charge is 0.466 e. The molecule has 0 aliphatic carbocycles. The van der Waals surface area contributed by atoms with E-state index in [0.717, 1.165) is 0 Å². The van der Waals surface area contributed by atoms with Crippen LogP contribution >= 0.6 is 24.2 Å². The van der Waals surface area contributed by atoms with Gasteiger partial charge >= 0.3 is 5.97 Å². The number of hydrogen-bond acceptors (Lipinski definition) is 3. The number of rotatable bonds is 4. The first-order valence-electron chi connectivity index (χ1n) is 3.25. The van der Waals surface area contributed by atoms with Crippen LogP contribution in [0.3, 0.4) is 0 Å². The fourth-order valence-corrected chi connectivity index (χ4v) is 0.721. The minimum atomic E-state index is -0.264. The lowest BCUT2D eigenvalue weighted by Crippen LogP contribution is -1.99. The average Bonchev–Trinajstić information content (AvgIpc) is 1.97. The van der Waals surface area contributed by atoms with Crippen molar-refractivity contribution in [1.29, 1.82) is 0 Å². The van der Waals surface area contributed by atoms with Crippen molar-refractivity contribution in [3.8, 4) is 0 Å². The first-order chi connectivity index (χ1) is 5.16. The van der Waals surface area contributed by atoms with Gasteiger partial charge in [-0.15, -0.1) is 0 Å². The molecule has 0 fully saturated rings. The van der Waals surface area contributed by atoms with E-state index in [1.165, 1.54) is 6.92 Å². The molecule has 0 N–H and O–H groups in total. The second-order valence-corrected chi connectivity index (χ2v) is 2.74. The van der Waals surface area contributed by atoms with Gasteiger partial charge in [-0.3, -0.25) is 4.79 Å².